The number of alkyl halides is 2. The van der Waals surface area contributed by atoms with Gasteiger partial charge in [-0.05, 0) is 41.7 Å². The molecule has 0 atom stereocenters. The minimum Gasteiger partial charge on any atom is -0.477 e. The highest BCUT2D eigenvalue weighted by Crippen LogP contribution is 2.44. The number of benzene rings is 2. The summed E-state index contributed by atoms with van der Waals surface area (Å²) in [5.41, 5.74) is 0.602. The maximum absolute atomic E-state index is 15.3. The van der Waals surface area contributed by atoms with E-state index in [2.05, 4.69) is 5.32 Å². The zero-order chi connectivity index (χ0) is 21.9. The summed E-state index contributed by atoms with van der Waals surface area (Å²) in [6.07, 6.45) is 2.50. The molecule has 1 fully saturated rings. The van der Waals surface area contributed by atoms with Crippen LogP contribution in [0.3, 0.4) is 0 Å². The molecule has 1 aliphatic heterocycles. The van der Waals surface area contributed by atoms with Crippen molar-refractivity contribution < 1.29 is 27.8 Å². The van der Waals surface area contributed by atoms with Gasteiger partial charge in [-0.3, -0.25) is 4.79 Å². The van der Waals surface area contributed by atoms with Gasteiger partial charge in [-0.1, -0.05) is 12.1 Å². The van der Waals surface area contributed by atoms with Gasteiger partial charge in [0, 0.05) is 25.3 Å². The van der Waals surface area contributed by atoms with Crippen LogP contribution in [0.2, 0.25) is 0 Å². The van der Waals surface area contributed by atoms with E-state index in [9.17, 15) is 23.5 Å². The van der Waals surface area contributed by atoms with Gasteiger partial charge in [0.25, 0.3) is 0 Å². The first-order chi connectivity index (χ1) is 14.8. The Balaban J connectivity index is 1.87. The van der Waals surface area contributed by atoms with Crippen LogP contribution in [0.4, 0.5) is 13.2 Å². The van der Waals surface area contributed by atoms with Crippen LogP contribution in [0.15, 0.2) is 35.3 Å². The number of halogens is 3. The lowest BCUT2D eigenvalue weighted by Gasteiger charge is -2.19. The van der Waals surface area contributed by atoms with E-state index in [1.54, 1.807) is 18.2 Å². The maximum atomic E-state index is 15.3. The van der Waals surface area contributed by atoms with Crippen molar-refractivity contribution in [2.45, 2.75) is 38.6 Å². The Morgan fingerprint density at radius 1 is 1.19 bits per heavy atom. The third kappa shape index (κ3) is 3.25. The van der Waals surface area contributed by atoms with Crippen LogP contribution in [0.5, 0.6) is 5.75 Å². The summed E-state index contributed by atoms with van der Waals surface area (Å²) in [5, 5.41) is 12.3. The number of pyridine rings is 1. The quantitative estimate of drug-likeness (QED) is 0.639. The molecule has 31 heavy (non-hydrogen) atoms. The van der Waals surface area contributed by atoms with Gasteiger partial charge in [0.05, 0.1) is 16.5 Å². The van der Waals surface area contributed by atoms with Gasteiger partial charge in [-0.2, -0.15) is 8.78 Å². The summed E-state index contributed by atoms with van der Waals surface area (Å²) in [5.74, 6) is -2.86. The van der Waals surface area contributed by atoms with Gasteiger partial charge >= 0.3 is 12.6 Å². The molecule has 2 aliphatic rings. The average molecular weight is 430 g/mol. The summed E-state index contributed by atoms with van der Waals surface area (Å²) >= 11 is 0. The number of carboxylic acids is 1. The average Bonchev–Trinajstić information content (AvgIpc) is 3.45. The highest BCUT2D eigenvalue weighted by Gasteiger charge is 2.31. The number of carbonyl (C=O) groups is 1. The van der Waals surface area contributed by atoms with E-state index in [0.29, 0.717) is 31.5 Å². The molecule has 2 heterocycles. The predicted octanol–water partition coefficient (Wildman–Crippen LogP) is 4.05. The Morgan fingerprint density at radius 3 is 2.61 bits per heavy atom. The molecule has 2 aromatic carbocycles. The fourth-order valence-corrected chi connectivity index (χ4v) is 4.17. The second-order valence-corrected chi connectivity index (χ2v) is 7.74. The lowest BCUT2D eigenvalue weighted by atomic mass is 9.97. The van der Waals surface area contributed by atoms with Crippen molar-refractivity contribution in [2.75, 3.05) is 0 Å². The van der Waals surface area contributed by atoms with Crippen LogP contribution in [0, 0.1) is 5.82 Å². The Kier molecular flexibility index (Phi) is 4.51. The molecule has 1 saturated carbocycles. The monoisotopic (exact) mass is 430 g/mol. The zero-order valence-corrected chi connectivity index (χ0v) is 16.1. The number of carboxylic acid groups (broad SMARTS) is 1. The van der Waals surface area contributed by atoms with Crippen molar-refractivity contribution in [3.63, 3.8) is 0 Å². The third-order valence-electron chi connectivity index (χ3n) is 5.73. The van der Waals surface area contributed by atoms with E-state index in [1.807, 2.05) is 0 Å². The molecule has 2 N–H and O–H groups in total. The molecule has 160 valence electrons. The summed E-state index contributed by atoms with van der Waals surface area (Å²) in [4.78, 5) is 24.3. The van der Waals surface area contributed by atoms with Crippen LogP contribution < -0.4 is 15.5 Å². The maximum Gasteiger partial charge on any atom is 0.387 e. The van der Waals surface area contributed by atoms with Crippen LogP contribution >= 0.6 is 0 Å². The molecule has 6 nitrogen and oxygen atoms in total. The Bertz CT molecular complexity index is 1300. The molecule has 1 aromatic heterocycles. The fourth-order valence-electron chi connectivity index (χ4n) is 4.17. The normalized spacial score (nSPS) is 15.5. The minimum atomic E-state index is -3.26. The van der Waals surface area contributed by atoms with Crippen molar-refractivity contribution in [1.29, 1.82) is 0 Å². The predicted molar refractivity (Wildman–Crippen MR) is 106 cm³/mol. The van der Waals surface area contributed by atoms with E-state index in [0.717, 1.165) is 23.4 Å². The summed E-state index contributed by atoms with van der Waals surface area (Å²) in [6.45, 7) is -2.03. The van der Waals surface area contributed by atoms with E-state index in [1.165, 1.54) is 4.57 Å². The number of nitrogens with zero attached hydrogens (tertiary/aromatic N) is 1. The molecule has 0 unspecified atom stereocenters. The van der Waals surface area contributed by atoms with Gasteiger partial charge in [0.1, 0.15) is 11.4 Å². The second kappa shape index (κ2) is 7.12. The molecule has 1 aliphatic carbocycles. The highest BCUT2D eigenvalue weighted by atomic mass is 19.3. The first-order valence-corrected chi connectivity index (χ1v) is 9.77. The van der Waals surface area contributed by atoms with E-state index < -0.39 is 35.1 Å². The molecule has 5 rings (SSSR count). The number of aromatic nitrogens is 1. The SMILES string of the molecule is O=C(O)c1cn(C2CC2)c2c(OC(F)F)c(-c3ccc4c(c3)CNC4)c(F)cc2c1=O. The van der Waals surface area contributed by atoms with Crippen molar-refractivity contribution >= 4 is 16.9 Å². The van der Waals surface area contributed by atoms with Gasteiger partial charge in [0.2, 0.25) is 5.43 Å². The molecule has 0 spiro atoms. The topological polar surface area (TPSA) is 80.6 Å². The molecule has 0 saturated heterocycles. The van der Waals surface area contributed by atoms with Gasteiger partial charge in [-0.15, -0.1) is 0 Å². The first-order valence-electron chi connectivity index (χ1n) is 9.77. The van der Waals surface area contributed by atoms with E-state index in [-0.39, 0.29) is 22.5 Å². The fraction of sp³-hybridized carbons (Fsp3) is 0.273. The van der Waals surface area contributed by atoms with Crippen molar-refractivity contribution in [2.24, 2.45) is 0 Å². The third-order valence-corrected chi connectivity index (χ3v) is 5.73. The molecule has 3 aromatic rings. The van der Waals surface area contributed by atoms with Crippen LogP contribution in [-0.4, -0.2) is 22.3 Å². The van der Waals surface area contributed by atoms with Crippen LogP contribution in [-0.2, 0) is 13.1 Å². The number of ether oxygens (including phenoxy) is 1. The molecule has 0 bridgehead atoms. The summed E-state index contributed by atoms with van der Waals surface area (Å²) in [6, 6.07) is 5.87. The smallest absolute Gasteiger partial charge is 0.387 e. The molecule has 0 radical (unpaired) electrons. The Labute approximate surface area is 173 Å². The van der Waals surface area contributed by atoms with Crippen molar-refractivity contribution in [1.82, 2.24) is 9.88 Å². The first kappa shape index (κ1) is 19.6. The van der Waals surface area contributed by atoms with E-state index >= 15 is 4.39 Å². The number of aromatic carboxylic acids is 1. The summed E-state index contributed by atoms with van der Waals surface area (Å²) < 4.78 is 48.4. The van der Waals surface area contributed by atoms with Gasteiger partial charge < -0.3 is 19.7 Å². The Morgan fingerprint density at radius 2 is 1.94 bits per heavy atom. The number of rotatable bonds is 5. The lowest BCUT2D eigenvalue weighted by Crippen LogP contribution is -2.20. The van der Waals surface area contributed by atoms with Crippen LogP contribution in [0.25, 0.3) is 22.0 Å². The van der Waals surface area contributed by atoms with Gasteiger partial charge in [-0.25, -0.2) is 9.18 Å². The molecular weight excluding hydrogens is 413 g/mol. The lowest BCUT2D eigenvalue weighted by molar-refractivity contribution is -0.0487. The summed E-state index contributed by atoms with van der Waals surface area (Å²) in [7, 11) is 0. The second-order valence-electron chi connectivity index (χ2n) is 7.74. The largest absolute Gasteiger partial charge is 0.477 e. The standard InChI is InChI=1S/C22H17F3N2O4/c23-16-6-14-18(27(13-3-4-13)9-15(19(14)28)21(29)30)20(31-22(24)25)17(16)10-1-2-11-7-26-8-12(11)5-10/h1-2,5-6,9,13,22,26H,3-4,7-8H2,(H,29,30). The number of fused-ring (bicyclic) bond motifs is 2. The number of nitrogens with one attached hydrogen (secondary N) is 1. The molecular formula is C22H17F3N2O4. The Hall–Kier alpha value is -3.33. The zero-order valence-electron chi connectivity index (χ0n) is 16.1. The van der Waals surface area contributed by atoms with Crippen LogP contribution in [0.1, 0.15) is 40.4 Å². The van der Waals surface area contributed by atoms with Gasteiger partial charge in [0.15, 0.2) is 5.75 Å². The molecule has 9 heteroatoms. The van der Waals surface area contributed by atoms with E-state index in [4.69, 9.17) is 4.74 Å². The minimum absolute atomic E-state index is 0.0205. The number of hydrogen-bond acceptors (Lipinski definition) is 4. The van der Waals surface area contributed by atoms with Crippen molar-refractivity contribution in [3.8, 4) is 16.9 Å². The van der Waals surface area contributed by atoms with Crippen molar-refractivity contribution in [3.05, 3.63) is 63.2 Å². The molecule has 0 amide bonds. The highest BCUT2D eigenvalue weighted by molar-refractivity contribution is 5.98. The number of hydrogen-bond donors (Lipinski definition) is 2.